The largest absolute Gasteiger partial charge is 0.316 e. The Bertz CT molecular complexity index is 575. The number of hydrogen-bond acceptors (Lipinski definition) is 1. The average Bonchev–Trinajstić information content (AvgIpc) is 3.29. The molecular weight excluding hydrogens is 310 g/mol. The molecule has 0 amide bonds. The quantitative estimate of drug-likeness (QED) is 0.861. The lowest BCUT2D eigenvalue weighted by molar-refractivity contribution is 0.442. The van der Waals surface area contributed by atoms with Crippen LogP contribution in [0.1, 0.15) is 24.0 Å². The van der Waals surface area contributed by atoms with Gasteiger partial charge in [-0.2, -0.15) is 0 Å². The zero-order valence-corrected chi connectivity index (χ0v) is 13.4. The Hall–Kier alpha value is -1.12. The molecule has 0 heterocycles. The number of benzene rings is 2. The van der Waals surface area contributed by atoms with Gasteiger partial charge in [0.05, 0.1) is 0 Å². The first-order valence-corrected chi connectivity index (χ1v) is 8.02. The minimum absolute atomic E-state index is 0.325. The number of rotatable bonds is 5. The third-order valence-corrected chi connectivity index (χ3v) is 5.31. The maximum atomic E-state index is 3.67. The van der Waals surface area contributed by atoms with Gasteiger partial charge >= 0.3 is 0 Å². The van der Waals surface area contributed by atoms with E-state index in [0.717, 1.165) is 6.42 Å². The summed E-state index contributed by atoms with van der Waals surface area (Å²) in [6.07, 6.45) is 3.63. The molecule has 1 aliphatic rings. The molecule has 1 atom stereocenters. The number of nitrogens with one attached hydrogen (secondary N) is 1. The van der Waals surface area contributed by atoms with Crippen LogP contribution in [0.2, 0.25) is 0 Å². The second-order valence-electron chi connectivity index (χ2n) is 5.66. The van der Waals surface area contributed by atoms with Gasteiger partial charge in [0.15, 0.2) is 0 Å². The Morgan fingerprint density at radius 1 is 1.05 bits per heavy atom. The minimum atomic E-state index is 0.325. The van der Waals surface area contributed by atoms with Crippen LogP contribution in [-0.4, -0.2) is 13.1 Å². The molecule has 0 radical (unpaired) electrons. The maximum absolute atomic E-state index is 3.67. The summed E-state index contributed by atoms with van der Waals surface area (Å²) >= 11 is 3.67. The van der Waals surface area contributed by atoms with Gasteiger partial charge in [0.2, 0.25) is 0 Å². The molecular formula is C18H20BrN. The summed E-state index contributed by atoms with van der Waals surface area (Å²) in [5, 5.41) is 3.56. The van der Waals surface area contributed by atoms with E-state index in [1.54, 1.807) is 0 Å². The molecule has 1 N–H and O–H groups in total. The van der Waals surface area contributed by atoms with Crippen LogP contribution >= 0.6 is 15.9 Å². The van der Waals surface area contributed by atoms with Crippen molar-refractivity contribution in [2.75, 3.05) is 7.05 Å². The normalized spacial score (nSPS) is 17.7. The predicted octanol–water partition coefficient (Wildman–Crippen LogP) is 4.31. The van der Waals surface area contributed by atoms with Gasteiger partial charge in [-0.25, -0.2) is 0 Å². The maximum Gasteiger partial charge on any atom is 0.0207 e. The van der Waals surface area contributed by atoms with Crippen LogP contribution in [0.5, 0.6) is 0 Å². The van der Waals surface area contributed by atoms with E-state index in [2.05, 4.69) is 82.9 Å². The Morgan fingerprint density at radius 3 is 2.30 bits per heavy atom. The summed E-state index contributed by atoms with van der Waals surface area (Å²) in [5.74, 6) is 0. The predicted molar refractivity (Wildman–Crippen MR) is 88.0 cm³/mol. The van der Waals surface area contributed by atoms with Gasteiger partial charge in [-0.15, -0.1) is 0 Å². The van der Waals surface area contributed by atoms with E-state index < -0.39 is 0 Å². The molecule has 0 bridgehead atoms. The first-order chi connectivity index (χ1) is 9.76. The van der Waals surface area contributed by atoms with Crippen molar-refractivity contribution in [3.63, 3.8) is 0 Å². The molecule has 1 fully saturated rings. The number of likely N-dealkylation sites (N-methyl/N-ethyl adjacent to an activating group) is 1. The third kappa shape index (κ3) is 2.55. The Labute approximate surface area is 129 Å². The van der Waals surface area contributed by atoms with E-state index in [1.165, 1.54) is 28.4 Å². The van der Waals surface area contributed by atoms with Crippen molar-refractivity contribution >= 4 is 15.9 Å². The first-order valence-electron chi connectivity index (χ1n) is 7.22. The molecule has 20 heavy (non-hydrogen) atoms. The van der Waals surface area contributed by atoms with E-state index in [0.29, 0.717) is 11.5 Å². The van der Waals surface area contributed by atoms with Crippen molar-refractivity contribution in [3.05, 3.63) is 70.2 Å². The van der Waals surface area contributed by atoms with Gasteiger partial charge in [-0.05, 0) is 43.5 Å². The molecule has 1 aliphatic carbocycles. The summed E-state index contributed by atoms with van der Waals surface area (Å²) < 4.78 is 1.21. The fraction of sp³-hybridized carbons (Fsp3) is 0.333. The summed E-state index contributed by atoms with van der Waals surface area (Å²) in [6, 6.07) is 20.0. The van der Waals surface area contributed by atoms with Crippen molar-refractivity contribution in [2.45, 2.75) is 30.7 Å². The van der Waals surface area contributed by atoms with E-state index in [9.17, 15) is 0 Å². The lowest BCUT2D eigenvalue weighted by Crippen LogP contribution is -2.39. The van der Waals surface area contributed by atoms with Crippen molar-refractivity contribution in [3.8, 4) is 0 Å². The zero-order chi connectivity index (χ0) is 14.0. The SMILES string of the molecule is CNC(Cc1ccccc1Br)C1(c2ccccc2)CC1. The summed E-state index contributed by atoms with van der Waals surface area (Å²) in [7, 11) is 2.09. The zero-order valence-electron chi connectivity index (χ0n) is 11.8. The van der Waals surface area contributed by atoms with Crippen LogP contribution < -0.4 is 5.32 Å². The summed E-state index contributed by atoms with van der Waals surface area (Å²) in [6.45, 7) is 0. The van der Waals surface area contributed by atoms with E-state index in [4.69, 9.17) is 0 Å². The molecule has 0 spiro atoms. The first kappa shape index (κ1) is 13.8. The van der Waals surface area contributed by atoms with Gasteiger partial charge in [0, 0.05) is 15.9 Å². The second-order valence-corrected chi connectivity index (χ2v) is 6.51. The van der Waals surface area contributed by atoms with Crippen molar-refractivity contribution in [1.82, 2.24) is 5.32 Å². The number of hydrogen-bond donors (Lipinski definition) is 1. The molecule has 1 nitrogen and oxygen atoms in total. The summed E-state index contributed by atoms with van der Waals surface area (Å²) in [5.41, 5.74) is 3.19. The molecule has 2 aromatic carbocycles. The molecule has 2 aromatic rings. The molecule has 0 aliphatic heterocycles. The van der Waals surface area contributed by atoms with Crippen LogP contribution in [0, 0.1) is 0 Å². The lowest BCUT2D eigenvalue weighted by atomic mass is 9.84. The van der Waals surface area contributed by atoms with Gasteiger partial charge in [-0.3, -0.25) is 0 Å². The highest BCUT2D eigenvalue weighted by Crippen LogP contribution is 2.51. The van der Waals surface area contributed by atoms with Gasteiger partial charge in [0.1, 0.15) is 0 Å². The van der Waals surface area contributed by atoms with Crippen LogP contribution in [0.3, 0.4) is 0 Å². The van der Waals surface area contributed by atoms with Crippen LogP contribution in [0.15, 0.2) is 59.1 Å². The molecule has 1 saturated carbocycles. The Kier molecular flexibility index (Phi) is 3.95. The lowest BCUT2D eigenvalue weighted by Gasteiger charge is -2.28. The van der Waals surface area contributed by atoms with Crippen LogP contribution in [0.4, 0.5) is 0 Å². The molecule has 104 valence electrons. The fourth-order valence-electron chi connectivity index (χ4n) is 3.20. The molecule has 0 aromatic heterocycles. The fourth-order valence-corrected chi connectivity index (χ4v) is 3.65. The highest BCUT2D eigenvalue weighted by molar-refractivity contribution is 9.10. The Balaban J connectivity index is 1.86. The van der Waals surface area contributed by atoms with E-state index in [-0.39, 0.29) is 0 Å². The van der Waals surface area contributed by atoms with Crippen molar-refractivity contribution < 1.29 is 0 Å². The summed E-state index contributed by atoms with van der Waals surface area (Å²) in [4.78, 5) is 0. The third-order valence-electron chi connectivity index (χ3n) is 4.53. The minimum Gasteiger partial charge on any atom is -0.316 e. The molecule has 2 heteroatoms. The van der Waals surface area contributed by atoms with E-state index in [1.807, 2.05) is 0 Å². The van der Waals surface area contributed by atoms with Crippen molar-refractivity contribution in [1.29, 1.82) is 0 Å². The highest BCUT2D eigenvalue weighted by Gasteiger charge is 2.49. The smallest absolute Gasteiger partial charge is 0.0207 e. The standard InChI is InChI=1S/C18H20BrN/c1-20-17(13-14-7-5-6-10-16(14)19)18(11-12-18)15-8-3-2-4-9-15/h2-10,17,20H,11-13H2,1H3. The Morgan fingerprint density at radius 2 is 1.70 bits per heavy atom. The average molecular weight is 330 g/mol. The molecule has 3 rings (SSSR count). The molecule has 0 saturated heterocycles. The highest BCUT2D eigenvalue weighted by atomic mass is 79.9. The number of halogens is 1. The van der Waals surface area contributed by atoms with Gasteiger partial charge < -0.3 is 5.32 Å². The van der Waals surface area contributed by atoms with Crippen molar-refractivity contribution in [2.24, 2.45) is 0 Å². The van der Waals surface area contributed by atoms with Crippen LogP contribution in [-0.2, 0) is 11.8 Å². The van der Waals surface area contributed by atoms with Crippen LogP contribution in [0.25, 0.3) is 0 Å². The van der Waals surface area contributed by atoms with E-state index >= 15 is 0 Å². The molecule has 1 unspecified atom stereocenters. The monoisotopic (exact) mass is 329 g/mol. The van der Waals surface area contributed by atoms with Gasteiger partial charge in [0.25, 0.3) is 0 Å². The second kappa shape index (κ2) is 5.71. The van der Waals surface area contributed by atoms with Gasteiger partial charge in [-0.1, -0.05) is 64.5 Å². The topological polar surface area (TPSA) is 12.0 Å².